The molecular formula is C15H21N5O3. The van der Waals surface area contributed by atoms with E-state index in [2.05, 4.69) is 9.88 Å². The average Bonchev–Trinajstić information content (AvgIpc) is 3.04. The molecule has 1 amide bonds. The number of carbonyl (C=O) groups is 1. The summed E-state index contributed by atoms with van der Waals surface area (Å²) in [7, 11) is 2.05. The molecule has 0 bridgehead atoms. The molecule has 2 saturated heterocycles. The van der Waals surface area contributed by atoms with Gasteiger partial charge in [-0.3, -0.25) is 19.9 Å². The van der Waals surface area contributed by atoms with Gasteiger partial charge in [0.1, 0.15) is 17.9 Å². The lowest BCUT2D eigenvalue weighted by Gasteiger charge is -2.36. The van der Waals surface area contributed by atoms with Crippen LogP contribution < -0.4 is 4.90 Å². The maximum atomic E-state index is 12.9. The zero-order valence-electron chi connectivity index (χ0n) is 13.2. The number of rotatable bonds is 3. The van der Waals surface area contributed by atoms with Crippen LogP contribution in [0.3, 0.4) is 0 Å². The van der Waals surface area contributed by atoms with E-state index in [0.29, 0.717) is 12.2 Å². The maximum Gasteiger partial charge on any atom is 0.310 e. The molecule has 1 aromatic rings. The number of pyridine rings is 1. The van der Waals surface area contributed by atoms with Gasteiger partial charge in [-0.05, 0) is 26.0 Å². The summed E-state index contributed by atoms with van der Waals surface area (Å²) in [6.07, 6.45) is 4.40. The molecule has 0 aromatic carbocycles. The quantitative estimate of drug-likeness (QED) is 0.603. The summed E-state index contributed by atoms with van der Waals surface area (Å²) in [5.74, 6) is 0.0849. The van der Waals surface area contributed by atoms with Crippen LogP contribution in [0.2, 0.25) is 0 Å². The van der Waals surface area contributed by atoms with E-state index in [1.807, 2.05) is 16.8 Å². The number of carbonyl (C=O) groups excluding carboxylic acids is 1. The van der Waals surface area contributed by atoms with Gasteiger partial charge in [0.2, 0.25) is 5.91 Å². The number of hydrogen-bond acceptors (Lipinski definition) is 6. The minimum absolute atomic E-state index is 0.0365. The summed E-state index contributed by atoms with van der Waals surface area (Å²) >= 11 is 0. The number of amides is 1. The van der Waals surface area contributed by atoms with E-state index in [-0.39, 0.29) is 17.6 Å². The first kappa shape index (κ1) is 15.7. The number of piperazine rings is 1. The molecule has 2 fully saturated rings. The maximum absolute atomic E-state index is 12.9. The first-order valence-corrected chi connectivity index (χ1v) is 7.90. The number of nitrogens with zero attached hydrogens (tertiary/aromatic N) is 5. The van der Waals surface area contributed by atoms with Crippen LogP contribution in [0, 0.1) is 10.1 Å². The Kier molecular flexibility index (Phi) is 4.42. The lowest BCUT2D eigenvalue weighted by atomic mass is 10.1. The van der Waals surface area contributed by atoms with Gasteiger partial charge in [0.15, 0.2) is 0 Å². The highest BCUT2D eigenvalue weighted by Gasteiger charge is 2.37. The molecule has 3 rings (SSSR count). The van der Waals surface area contributed by atoms with Crippen LogP contribution in [0.5, 0.6) is 0 Å². The van der Waals surface area contributed by atoms with Gasteiger partial charge in [0.25, 0.3) is 0 Å². The molecule has 1 atom stereocenters. The third-order valence-electron chi connectivity index (χ3n) is 4.64. The molecule has 0 spiro atoms. The van der Waals surface area contributed by atoms with E-state index < -0.39 is 4.92 Å². The molecule has 1 aromatic heterocycles. The van der Waals surface area contributed by atoms with E-state index >= 15 is 0 Å². The highest BCUT2D eigenvalue weighted by molar-refractivity contribution is 5.87. The number of anilines is 1. The van der Waals surface area contributed by atoms with Crippen molar-refractivity contribution in [2.45, 2.75) is 18.9 Å². The van der Waals surface area contributed by atoms with E-state index in [0.717, 1.165) is 39.0 Å². The lowest BCUT2D eigenvalue weighted by molar-refractivity contribution is -0.384. The van der Waals surface area contributed by atoms with Gasteiger partial charge in [-0.25, -0.2) is 0 Å². The van der Waals surface area contributed by atoms with Crippen molar-refractivity contribution in [3.63, 3.8) is 0 Å². The predicted molar refractivity (Wildman–Crippen MR) is 85.3 cm³/mol. The second-order valence-electron chi connectivity index (χ2n) is 6.10. The Bertz CT molecular complexity index is 601. The Balaban J connectivity index is 1.81. The van der Waals surface area contributed by atoms with E-state index in [1.54, 1.807) is 6.07 Å². The Hall–Kier alpha value is -2.22. The predicted octanol–water partition coefficient (Wildman–Crippen LogP) is 0.733. The number of aromatic nitrogens is 1. The average molecular weight is 319 g/mol. The van der Waals surface area contributed by atoms with E-state index in [4.69, 9.17) is 0 Å². The third-order valence-corrected chi connectivity index (χ3v) is 4.64. The number of hydrogen-bond donors (Lipinski definition) is 0. The third kappa shape index (κ3) is 3.12. The Morgan fingerprint density at radius 3 is 2.74 bits per heavy atom. The molecule has 0 N–H and O–H groups in total. The topological polar surface area (TPSA) is 82.8 Å². The normalized spacial score (nSPS) is 22.4. The van der Waals surface area contributed by atoms with Crippen molar-refractivity contribution in [2.75, 3.05) is 44.7 Å². The second kappa shape index (κ2) is 6.49. The molecule has 1 unspecified atom stereocenters. The van der Waals surface area contributed by atoms with Crippen LogP contribution >= 0.6 is 0 Å². The van der Waals surface area contributed by atoms with Crippen molar-refractivity contribution in [1.29, 1.82) is 0 Å². The summed E-state index contributed by atoms with van der Waals surface area (Å²) in [5.41, 5.74) is 0.459. The van der Waals surface area contributed by atoms with Crippen LogP contribution in [-0.4, -0.2) is 71.4 Å². The molecule has 124 valence electrons. The molecule has 0 saturated carbocycles. The zero-order chi connectivity index (χ0) is 16.4. The SMILES string of the molecule is CN1CCN(C(=O)C2CCCN2c2ccncc2[N+](=O)[O-])CC1. The molecule has 0 radical (unpaired) electrons. The Morgan fingerprint density at radius 2 is 2.04 bits per heavy atom. The molecule has 2 aliphatic heterocycles. The van der Waals surface area contributed by atoms with Crippen LogP contribution in [0.25, 0.3) is 0 Å². The summed E-state index contributed by atoms with van der Waals surface area (Å²) in [6, 6.07) is 1.33. The van der Waals surface area contributed by atoms with Crippen LogP contribution in [0.1, 0.15) is 12.8 Å². The Morgan fingerprint density at radius 1 is 1.30 bits per heavy atom. The fourth-order valence-electron chi connectivity index (χ4n) is 3.31. The van der Waals surface area contributed by atoms with Gasteiger partial charge in [0, 0.05) is 38.9 Å². The molecule has 23 heavy (non-hydrogen) atoms. The minimum Gasteiger partial charge on any atom is -0.354 e. The summed E-state index contributed by atoms with van der Waals surface area (Å²) < 4.78 is 0. The first-order valence-electron chi connectivity index (χ1n) is 7.90. The molecule has 8 nitrogen and oxygen atoms in total. The van der Waals surface area contributed by atoms with Crippen molar-refractivity contribution in [2.24, 2.45) is 0 Å². The number of nitro groups is 1. The molecule has 0 aliphatic carbocycles. The van der Waals surface area contributed by atoms with Gasteiger partial charge in [-0.2, -0.15) is 0 Å². The highest BCUT2D eigenvalue weighted by Crippen LogP contribution is 2.33. The van der Waals surface area contributed by atoms with Crippen LogP contribution in [-0.2, 0) is 4.79 Å². The molecule has 8 heteroatoms. The van der Waals surface area contributed by atoms with Gasteiger partial charge < -0.3 is 14.7 Å². The fraction of sp³-hybridized carbons (Fsp3) is 0.600. The summed E-state index contributed by atoms with van der Waals surface area (Å²) in [6.45, 7) is 3.84. The largest absolute Gasteiger partial charge is 0.354 e. The first-order chi connectivity index (χ1) is 11.1. The minimum atomic E-state index is -0.432. The Labute approximate surface area is 134 Å². The molecule has 3 heterocycles. The van der Waals surface area contributed by atoms with E-state index in [1.165, 1.54) is 12.4 Å². The van der Waals surface area contributed by atoms with Crippen molar-refractivity contribution >= 4 is 17.3 Å². The van der Waals surface area contributed by atoms with Crippen molar-refractivity contribution in [3.8, 4) is 0 Å². The number of likely N-dealkylation sites (N-methyl/N-ethyl adjacent to an activating group) is 1. The van der Waals surface area contributed by atoms with Gasteiger partial charge >= 0.3 is 5.69 Å². The van der Waals surface area contributed by atoms with Crippen LogP contribution in [0.4, 0.5) is 11.4 Å². The fourth-order valence-corrected chi connectivity index (χ4v) is 3.31. The standard InChI is InChI=1S/C15H21N5O3/c1-17-7-9-18(10-8-17)15(21)13-3-2-6-19(13)12-4-5-16-11-14(12)20(22)23/h4-5,11,13H,2-3,6-10H2,1H3. The van der Waals surface area contributed by atoms with Gasteiger partial charge in [-0.15, -0.1) is 0 Å². The monoisotopic (exact) mass is 319 g/mol. The van der Waals surface area contributed by atoms with Gasteiger partial charge in [-0.1, -0.05) is 0 Å². The summed E-state index contributed by atoms with van der Waals surface area (Å²) in [4.78, 5) is 33.4. The molecular weight excluding hydrogens is 298 g/mol. The van der Waals surface area contributed by atoms with Crippen LogP contribution in [0.15, 0.2) is 18.5 Å². The van der Waals surface area contributed by atoms with Crippen molar-refractivity contribution in [1.82, 2.24) is 14.8 Å². The smallest absolute Gasteiger partial charge is 0.310 e. The molecule has 2 aliphatic rings. The summed E-state index contributed by atoms with van der Waals surface area (Å²) in [5, 5.41) is 11.2. The second-order valence-corrected chi connectivity index (χ2v) is 6.10. The van der Waals surface area contributed by atoms with Crippen molar-refractivity contribution in [3.05, 3.63) is 28.6 Å². The zero-order valence-corrected chi connectivity index (χ0v) is 13.2. The van der Waals surface area contributed by atoms with Crippen molar-refractivity contribution < 1.29 is 9.72 Å². The highest BCUT2D eigenvalue weighted by atomic mass is 16.6. The lowest BCUT2D eigenvalue weighted by Crippen LogP contribution is -2.53. The van der Waals surface area contributed by atoms with Gasteiger partial charge in [0.05, 0.1) is 4.92 Å². The van der Waals surface area contributed by atoms with E-state index in [9.17, 15) is 14.9 Å².